The van der Waals surface area contributed by atoms with Crippen LogP contribution in [0.5, 0.6) is 0 Å². The Labute approximate surface area is 159 Å². The van der Waals surface area contributed by atoms with E-state index in [9.17, 15) is 4.79 Å². The molecule has 2 aromatic heterocycles. The van der Waals surface area contributed by atoms with Crippen molar-refractivity contribution >= 4 is 5.91 Å². The number of likely N-dealkylation sites (tertiary alicyclic amines) is 1. The van der Waals surface area contributed by atoms with Crippen molar-refractivity contribution in [2.45, 2.75) is 71.0 Å². The van der Waals surface area contributed by atoms with E-state index in [4.69, 9.17) is 4.52 Å². The van der Waals surface area contributed by atoms with Gasteiger partial charge in [-0.1, -0.05) is 12.1 Å². The molecule has 8 heteroatoms. The van der Waals surface area contributed by atoms with E-state index in [1.54, 1.807) is 6.20 Å². The van der Waals surface area contributed by atoms with Gasteiger partial charge in [0.05, 0.1) is 24.0 Å². The van der Waals surface area contributed by atoms with E-state index < -0.39 is 0 Å². The highest BCUT2D eigenvalue weighted by Gasteiger charge is 2.27. The predicted octanol–water partition coefficient (Wildman–Crippen LogP) is 2.12. The number of piperidine rings is 1. The average molecular weight is 372 g/mol. The predicted molar refractivity (Wildman–Crippen MR) is 99.3 cm³/mol. The lowest BCUT2D eigenvalue weighted by Gasteiger charge is -2.32. The molecule has 0 radical (unpaired) electrons. The minimum absolute atomic E-state index is 0.00466. The number of hydrogen-bond acceptors (Lipinski definition) is 6. The topological polar surface area (TPSA) is 89.1 Å². The summed E-state index contributed by atoms with van der Waals surface area (Å²) >= 11 is 0. The van der Waals surface area contributed by atoms with Crippen LogP contribution in [-0.2, 0) is 19.4 Å². The van der Waals surface area contributed by atoms with E-state index >= 15 is 0 Å². The van der Waals surface area contributed by atoms with Gasteiger partial charge in [-0.3, -0.25) is 14.4 Å². The van der Waals surface area contributed by atoms with Gasteiger partial charge in [0, 0.05) is 25.0 Å². The number of aromatic nitrogens is 4. The van der Waals surface area contributed by atoms with E-state index in [-0.39, 0.29) is 11.9 Å². The first-order valence-electron chi connectivity index (χ1n) is 10.0. The molecule has 2 aromatic rings. The number of fused-ring (bicyclic) bond motifs is 1. The Morgan fingerprint density at radius 1 is 1.37 bits per heavy atom. The number of aryl methyl sites for hydroxylation is 1. The van der Waals surface area contributed by atoms with Gasteiger partial charge in [0.25, 0.3) is 5.91 Å². The molecule has 2 atom stereocenters. The lowest BCUT2D eigenvalue weighted by Crippen LogP contribution is -2.47. The van der Waals surface area contributed by atoms with Gasteiger partial charge in [0.15, 0.2) is 5.82 Å². The highest BCUT2D eigenvalue weighted by Crippen LogP contribution is 2.26. The normalized spacial score (nSPS) is 23.2. The molecule has 0 saturated carbocycles. The SMILES string of the molecule is CCc1nc(CN2CCCC(NC(=O)c3cnn4c3CCCC4C)C2)no1. The van der Waals surface area contributed by atoms with Gasteiger partial charge in [-0.05, 0) is 45.6 Å². The second kappa shape index (κ2) is 7.80. The second-order valence-electron chi connectivity index (χ2n) is 7.70. The smallest absolute Gasteiger partial charge is 0.255 e. The number of hydrogen-bond donors (Lipinski definition) is 1. The van der Waals surface area contributed by atoms with Gasteiger partial charge >= 0.3 is 0 Å². The molecule has 2 aliphatic rings. The summed E-state index contributed by atoms with van der Waals surface area (Å²) in [4.78, 5) is 19.5. The molecule has 146 valence electrons. The fourth-order valence-corrected chi connectivity index (χ4v) is 4.17. The van der Waals surface area contributed by atoms with E-state index in [0.29, 0.717) is 18.5 Å². The van der Waals surface area contributed by atoms with Crippen LogP contribution in [0.1, 0.15) is 73.3 Å². The highest BCUT2D eigenvalue weighted by atomic mass is 16.5. The maximum atomic E-state index is 12.8. The first-order chi connectivity index (χ1) is 13.1. The Morgan fingerprint density at radius 3 is 3.07 bits per heavy atom. The molecule has 2 unspecified atom stereocenters. The first kappa shape index (κ1) is 18.2. The fraction of sp³-hybridized carbons (Fsp3) is 0.684. The van der Waals surface area contributed by atoms with Crippen LogP contribution in [-0.4, -0.2) is 49.9 Å². The van der Waals surface area contributed by atoms with Crippen LogP contribution >= 0.6 is 0 Å². The standard InChI is InChI=1S/C19H28N6O2/c1-3-18-22-17(23-27-18)12-24-9-5-7-14(11-24)21-19(26)15-10-20-25-13(2)6-4-8-16(15)25/h10,13-14H,3-9,11-12H2,1-2H3,(H,21,26). The second-order valence-corrected chi connectivity index (χ2v) is 7.70. The molecular formula is C19H28N6O2. The van der Waals surface area contributed by atoms with Gasteiger partial charge in [-0.25, -0.2) is 0 Å². The minimum Gasteiger partial charge on any atom is -0.348 e. The van der Waals surface area contributed by atoms with Crippen molar-refractivity contribution in [1.82, 2.24) is 30.1 Å². The zero-order chi connectivity index (χ0) is 18.8. The molecule has 4 heterocycles. The molecule has 0 aromatic carbocycles. The Balaban J connectivity index is 1.37. The maximum Gasteiger partial charge on any atom is 0.255 e. The Morgan fingerprint density at radius 2 is 2.26 bits per heavy atom. The lowest BCUT2D eigenvalue weighted by atomic mass is 10.0. The fourth-order valence-electron chi connectivity index (χ4n) is 4.17. The zero-order valence-corrected chi connectivity index (χ0v) is 16.1. The van der Waals surface area contributed by atoms with E-state index in [1.807, 2.05) is 11.6 Å². The third kappa shape index (κ3) is 3.90. The number of nitrogens with zero attached hydrogens (tertiary/aromatic N) is 5. The monoisotopic (exact) mass is 372 g/mol. The third-order valence-electron chi connectivity index (χ3n) is 5.61. The molecule has 1 amide bonds. The average Bonchev–Trinajstić information content (AvgIpc) is 3.29. The Kier molecular flexibility index (Phi) is 5.24. The third-order valence-corrected chi connectivity index (χ3v) is 5.61. The van der Waals surface area contributed by atoms with Crippen molar-refractivity contribution in [3.63, 3.8) is 0 Å². The van der Waals surface area contributed by atoms with Crippen LogP contribution in [0.3, 0.4) is 0 Å². The van der Waals surface area contributed by atoms with Crippen LogP contribution in [0, 0.1) is 0 Å². The number of carbonyl (C=O) groups is 1. The Hall–Kier alpha value is -2.22. The number of rotatable bonds is 5. The zero-order valence-electron chi connectivity index (χ0n) is 16.1. The van der Waals surface area contributed by atoms with Gasteiger partial charge in [0.2, 0.25) is 5.89 Å². The summed E-state index contributed by atoms with van der Waals surface area (Å²) in [5, 5.41) is 11.7. The molecule has 0 aliphatic carbocycles. The van der Waals surface area contributed by atoms with Gasteiger partial charge in [-0.15, -0.1) is 0 Å². The lowest BCUT2D eigenvalue weighted by molar-refractivity contribution is 0.0897. The molecule has 2 aliphatic heterocycles. The van der Waals surface area contributed by atoms with Gasteiger partial charge in [-0.2, -0.15) is 10.1 Å². The molecule has 4 rings (SSSR count). The van der Waals surface area contributed by atoms with Crippen LogP contribution < -0.4 is 5.32 Å². The number of amides is 1. The molecule has 27 heavy (non-hydrogen) atoms. The van der Waals surface area contributed by atoms with Crippen LogP contribution in [0.4, 0.5) is 0 Å². The van der Waals surface area contributed by atoms with Crippen molar-refractivity contribution in [2.24, 2.45) is 0 Å². The summed E-state index contributed by atoms with van der Waals surface area (Å²) in [5.41, 5.74) is 1.82. The summed E-state index contributed by atoms with van der Waals surface area (Å²) in [6.45, 7) is 6.62. The summed E-state index contributed by atoms with van der Waals surface area (Å²) in [5.74, 6) is 1.40. The van der Waals surface area contributed by atoms with E-state index in [2.05, 4.69) is 32.4 Å². The minimum atomic E-state index is 0.00466. The van der Waals surface area contributed by atoms with Crippen molar-refractivity contribution in [3.8, 4) is 0 Å². The van der Waals surface area contributed by atoms with Gasteiger partial charge < -0.3 is 9.84 Å². The number of carbonyl (C=O) groups excluding carboxylic acids is 1. The molecule has 0 bridgehead atoms. The molecule has 1 fully saturated rings. The summed E-state index contributed by atoms with van der Waals surface area (Å²) < 4.78 is 7.21. The van der Waals surface area contributed by atoms with Crippen LogP contribution in [0.25, 0.3) is 0 Å². The van der Waals surface area contributed by atoms with E-state index in [1.165, 1.54) is 0 Å². The summed E-state index contributed by atoms with van der Waals surface area (Å²) in [7, 11) is 0. The van der Waals surface area contributed by atoms with Gasteiger partial charge in [0.1, 0.15) is 0 Å². The van der Waals surface area contributed by atoms with Crippen LogP contribution in [0.15, 0.2) is 10.7 Å². The van der Waals surface area contributed by atoms with Crippen molar-refractivity contribution < 1.29 is 9.32 Å². The molecule has 0 spiro atoms. The summed E-state index contributed by atoms with van der Waals surface area (Å²) in [6, 6.07) is 0.517. The van der Waals surface area contributed by atoms with Crippen LogP contribution in [0.2, 0.25) is 0 Å². The first-order valence-corrected chi connectivity index (χ1v) is 10.0. The highest BCUT2D eigenvalue weighted by molar-refractivity contribution is 5.95. The van der Waals surface area contributed by atoms with E-state index in [0.717, 1.165) is 68.7 Å². The summed E-state index contributed by atoms with van der Waals surface area (Å²) in [6.07, 6.45) is 7.71. The number of nitrogens with one attached hydrogen (secondary N) is 1. The molecule has 8 nitrogen and oxygen atoms in total. The van der Waals surface area contributed by atoms with Crippen molar-refractivity contribution in [1.29, 1.82) is 0 Å². The molecule has 1 saturated heterocycles. The quantitative estimate of drug-likeness (QED) is 0.865. The molecular weight excluding hydrogens is 344 g/mol. The Bertz CT molecular complexity index is 798. The van der Waals surface area contributed by atoms with Crippen molar-refractivity contribution in [2.75, 3.05) is 13.1 Å². The maximum absolute atomic E-state index is 12.8. The molecule has 1 N–H and O–H groups in total. The largest absolute Gasteiger partial charge is 0.348 e. The van der Waals surface area contributed by atoms with Crippen molar-refractivity contribution in [3.05, 3.63) is 29.2 Å².